The van der Waals surface area contributed by atoms with Gasteiger partial charge in [-0.3, -0.25) is 9.38 Å². The third-order valence-electron chi connectivity index (χ3n) is 4.34. The van der Waals surface area contributed by atoms with E-state index in [1.54, 1.807) is 17.5 Å². The molecule has 1 saturated carbocycles. The lowest BCUT2D eigenvalue weighted by Crippen LogP contribution is -2.03. The summed E-state index contributed by atoms with van der Waals surface area (Å²) in [5.41, 5.74) is 4.15. The summed E-state index contributed by atoms with van der Waals surface area (Å²) in [5.74, 6) is 2.32. The van der Waals surface area contributed by atoms with Crippen LogP contribution in [0.4, 0.5) is 0 Å². The van der Waals surface area contributed by atoms with Gasteiger partial charge >= 0.3 is 0 Å². The Labute approximate surface area is 142 Å². The highest BCUT2D eigenvalue weighted by atomic mass is 32.1. The first-order valence-electron chi connectivity index (χ1n) is 8.02. The number of aromatic nitrogens is 6. The Hall–Kier alpha value is -2.54. The molecule has 0 spiro atoms. The lowest BCUT2D eigenvalue weighted by Gasteiger charge is -2.07. The van der Waals surface area contributed by atoms with Gasteiger partial charge < -0.3 is 0 Å². The zero-order chi connectivity index (χ0) is 16.3. The van der Waals surface area contributed by atoms with Gasteiger partial charge in [-0.2, -0.15) is 5.10 Å². The fourth-order valence-corrected chi connectivity index (χ4v) is 3.83. The van der Waals surface area contributed by atoms with Gasteiger partial charge in [0.25, 0.3) is 0 Å². The Balaban J connectivity index is 1.76. The highest BCUT2D eigenvalue weighted by Crippen LogP contribution is 2.39. The van der Waals surface area contributed by atoms with Crippen molar-refractivity contribution >= 4 is 16.3 Å². The fraction of sp³-hybridized carbons (Fsp3) is 0.294. The molecular formula is C17H16N6S. The van der Waals surface area contributed by atoms with Gasteiger partial charge in [0.15, 0.2) is 16.6 Å². The molecule has 1 aliphatic carbocycles. The second-order valence-electron chi connectivity index (χ2n) is 6.30. The maximum absolute atomic E-state index is 4.88. The molecule has 5 rings (SSSR count). The molecule has 0 N–H and O–H groups in total. The number of hydrogen-bond donors (Lipinski definition) is 0. The molecule has 0 aliphatic heterocycles. The minimum Gasteiger partial charge on any atom is -0.287 e. The second-order valence-corrected chi connectivity index (χ2v) is 7.13. The Kier molecular flexibility index (Phi) is 2.87. The number of rotatable bonds is 3. The Morgan fingerprint density at radius 1 is 1.21 bits per heavy atom. The summed E-state index contributed by atoms with van der Waals surface area (Å²) < 4.78 is 4.06. The molecule has 24 heavy (non-hydrogen) atoms. The largest absolute Gasteiger partial charge is 0.287 e. The van der Waals surface area contributed by atoms with Gasteiger partial charge in [-0.1, -0.05) is 0 Å². The number of nitrogens with zero attached hydrogens (tertiary/aromatic N) is 6. The number of hydrogen-bond acceptors (Lipinski definition) is 5. The summed E-state index contributed by atoms with van der Waals surface area (Å²) >= 11 is 1.63. The van der Waals surface area contributed by atoms with Crippen LogP contribution in [0, 0.1) is 13.8 Å². The van der Waals surface area contributed by atoms with E-state index in [1.165, 1.54) is 12.8 Å². The molecule has 1 aliphatic rings. The zero-order valence-corrected chi connectivity index (χ0v) is 14.3. The molecule has 0 atom stereocenters. The number of aryl methyl sites for hydroxylation is 2. The van der Waals surface area contributed by atoms with Crippen LogP contribution in [0.5, 0.6) is 0 Å². The molecule has 4 aromatic heterocycles. The van der Waals surface area contributed by atoms with Gasteiger partial charge in [-0.15, -0.1) is 11.3 Å². The second kappa shape index (κ2) is 4.98. The monoisotopic (exact) mass is 336 g/mol. The van der Waals surface area contributed by atoms with Crippen molar-refractivity contribution in [3.8, 4) is 17.2 Å². The van der Waals surface area contributed by atoms with Crippen LogP contribution in [0.25, 0.3) is 22.2 Å². The lowest BCUT2D eigenvalue weighted by molar-refractivity contribution is 0.829. The number of imidazole rings is 1. The Morgan fingerprint density at radius 3 is 2.88 bits per heavy atom. The van der Waals surface area contributed by atoms with E-state index in [4.69, 9.17) is 10.1 Å². The van der Waals surface area contributed by atoms with Crippen molar-refractivity contribution in [3.63, 3.8) is 0 Å². The highest BCUT2D eigenvalue weighted by molar-refractivity contribution is 7.15. The molecule has 4 aromatic rings. The van der Waals surface area contributed by atoms with E-state index in [0.29, 0.717) is 5.92 Å². The summed E-state index contributed by atoms with van der Waals surface area (Å²) in [5, 5.41) is 6.93. The Morgan fingerprint density at radius 2 is 2.08 bits per heavy atom. The van der Waals surface area contributed by atoms with Crippen LogP contribution in [0.3, 0.4) is 0 Å². The predicted octanol–water partition coefficient (Wildman–Crippen LogP) is 3.53. The standard InChI is InChI=1S/C17H16N6S/c1-10-7-18-6-5-13(10)23-16(20-15(21-23)12-3-4-12)14-9-24-17-19-11(2)8-22(14)17/h5-9,12H,3-4H2,1-2H3. The molecule has 6 nitrogen and oxygen atoms in total. The minimum atomic E-state index is 0.505. The summed E-state index contributed by atoms with van der Waals surface area (Å²) in [7, 11) is 0. The van der Waals surface area contributed by atoms with Crippen molar-refractivity contribution in [2.45, 2.75) is 32.6 Å². The average molecular weight is 336 g/mol. The summed E-state index contributed by atoms with van der Waals surface area (Å²) in [6.45, 7) is 4.06. The van der Waals surface area contributed by atoms with Crippen molar-refractivity contribution in [2.75, 3.05) is 0 Å². The molecule has 120 valence electrons. The maximum atomic E-state index is 4.88. The van der Waals surface area contributed by atoms with Crippen molar-refractivity contribution in [3.05, 3.63) is 47.1 Å². The van der Waals surface area contributed by atoms with Crippen LogP contribution in [-0.4, -0.2) is 29.1 Å². The number of thiazole rings is 1. The lowest BCUT2D eigenvalue weighted by atomic mass is 10.2. The summed E-state index contributed by atoms with van der Waals surface area (Å²) in [6, 6.07) is 1.99. The first kappa shape index (κ1) is 13.9. The van der Waals surface area contributed by atoms with Crippen LogP contribution in [0.15, 0.2) is 30.0 Å². The normalized spacial score (nSPS) is 14.6. The van der Waals surface area contributed by atoms with Gasteiger partial charge in [0.2, 0.25) is 0 Å². The van der Waals surface area contributed by atoms with E-state index in [0.717, 1.165) is 39.2 Å². The van der Waals surface area contributed by atoms with Crippen molar-refractivity contribution in [1.29, 1.82) is 0 Å². The van der Waals surface area contributed by atoms with E-state index in [9.17, 15) is 0 Å². The van der Waals surface area contributed by atoms with Gasteiger partial charge in [-0.25, -0.2) is 14.6 Å². The smallest absolute Gasteiger partial charge is 0.194 e. The van der Waals surface area contributed by atoms with Gasteiger partial charge in [0.05, 0.1) is 11.4 Å². The van der Waals surface area contributed by atoms with Crippen molar-refractivity contribution < 1.29 is 0 Å². The molecule has 0 unspecified atom stereocenters. The molecule has 0 amide bonds. The van der Waals surface area contributed by atoms with Crippen molar-refractivity contribution in [2.24, 2.45) is 0 Å². The van der Waals surface area contributed by atoms with Gasteiger partial charge in [-0.05, 0) is 38.3 Å². The van der Waals surface area contributed by atoms with E-state index < -0.39 is 0 Å². The number of fused-ring (bicyclic) bond motifs is 1. The number of pyridine rings is 1. The SMILES string of the molecule is Cc1cn2c(-c3nc(C4CC4)nn3-c3ccncc3C)csc2n1. The average Bonchev–Trinajstić information content (AvgIpc) is 3.06. The topological polar surface area (TPSA) is 60.9 Å². The third kappa shape index (κ3) is 2.08. The summed E-state index contributed by atoms with van der Waals surface area (Å²) in [6.07, 6.45) is 8.08. The molecule has 0 bridgehead atoms. The molecule has 0 saturated heterocycles. The third-order valence-corrected chi connectivity index (χ3v) is 5.18. The first-order valence-corrected chi connectivity index (χ1v) is 8.90. The van der Waals surface area contributed by atoms with Gasteiger partial charge in [0, 0.05) is 29.9 Å². The minimum absolute atomic E-state index is 0.505. The predicted molar refractivity (Wildman–Crippen MR) is 92.7 cm³/mol. The molecule has 4 heterocycles. The van der Waals surface area contributed by atoms with Gasteiger partial charge in [0.1, 0.15) is 5.69 Å². The van der Waals surface area contributed by atoms with E-state index in [-0.39, 0.29) is 0 Å². The van der Waals surface area contributed by atoms with Crippen LogP contribution in [0.2, 0.25) is 0 Å². The van der Waals surface area contributed by atoms with Crippen LogP contribution in [0.1, 0.15) is 35.8 Å². The van der Waals surface area contributed by atoms with E-state index in [1.807, 2.05) is 23.9 Å². The van der Waals surface area contributed by atoms with Crippen LogP contribution < -0.4 is 0 Å². The fourth-order valence-electron chi connectivity index (χ4n) is 2.94. The first-order chi connectivity index (χ1) is 11.7. The molecular weight excluding hydrogens is 320 g/mol. The van der Waals surface area contributed by atoms with Crippen molar-refractivity contribution in [1.82, 2.24) is 29.1 Å². The highest BCUT2D eigenvalue weighted by Gasteiger charge is 2.30. The zero-order valence-electron chi connectivity index (χ0n) is 13.5. The van der Waals surface area contributed by atoms with Crippen LogP contribution in [-0.2, 0) is 0 Å². The molecule has 1 fully saturated rings. The molecule has 0 radical (unpaired) electrons. The summed E-state index contributed by atoms with van der Waals surface area (Å²) in [4.78, 5) is 14.6. The van der Waals surface area contributed by atoms with E-state index in [2.05, 4.69) is 32.9 Å². The molecule has 0 aromatic carbocycles. The molecule has 7 heteroatoms. The Bertz CT molecular complexity index is 1050. The maximum Gasteiger partial charge on any atom is 0.194 e. The van der Waals surface area contributed by atoms with Crippen LogP contribution >= 0.6 is 11.3 Å². The van der Waals surface area contributed by atoms with E-state index >= 15 is 0 Å². The quantitative estimate of drug-likeness (QED) is 0.574.